The molecular formula is C30H35Cl2N3O5S. The Morgan fingerprint density at radius 1 is 0.976 bits per heavy atom. The van der Waals surface area contributed by atoms with Gasteiger partial charge in [0.05, 0.1) is 27.7 Å². The first kappa shape index (κ1) is 32.2. The number of anilines is 1. The SMILES string of the molecule is CCCNC(=O)C(CC)N(Cc1cccc(OC)c1)C(=O)CN(c1ccc(Cl)c(Cl)c1)S(=O)(=O)c1ccc(C)cc1. The van der Waals surface area contributed by atoms with E-state index in [2.05, 4.69) is 5.32 Å². The van der Waals surface area contributed by atoms with Gasteiger partial charge in [-0.05, 0) is 67.8 Å². The number of carbonyl (C=O) groups is 2. The zero-order chi connectivity index (χ0) is 30.2. The molecule has 0 aromatic heterocycles. The van der Waals surface area contributed by atoms with Gasteiger partial charge in [-0.1, -0.05) is 66.9 Å². The van der Waals surface area contributed by atoms with Crippen molar-refractivity contribution in [3.8, 4) is 5.75 Å². The maximum absolute atomic E-state index is 14.1. The molecule has 0 fully saturated rings. The summed E-state index contributed by atoms with van der Waals surface area (Å²) >= 11 is 12.4. The number of ether oxygens (including phenoxy) is 1. The predicted molar refractivity (Wildman–Crippen MR) is 163 cm³/mol. The average Bonchev–Trinajstić information content (AvgIpc) is 2.96. The van der Waals surface area contributed by atoms with Crippen molar-refractivity contribution in [3.05, 3.63) is 87.9 Å². The Balaban J connectivity index is 2.08. The molecule has 0 aliphatic heterocycles. The summed E-state index contributed by atoms with van der Waals surface area (Å²) in [5, 5.41) is 3.25. The summed E-state index contributed by atoms with van der Waals surface area (Å²) in [6.45, 7) is 5.53. The van der Waals surface area contributed by atoms with Crippen molar-refractivity contribution >= 4 is 50.7 Å². The fraction of sp³-hybridized carbons (Fsp3) is 0.333. The first-order valence-electron chi connectivity index (χ1n) is 13.3. The van der Waals surface area contributed by atoms with Crippen LogP contribution in [0.1, 0.15) is 37.8 Å². The summed E-state index contributed by atoms with van der Waals surface area (Å²) in [4.78, 5) is 28.7. The summed E-state index contributed by atoms with van der Waals surface area (Å²) in [6.07, 6.45) is 1.05. The van der Waals surface area contributed by atoms with Gasteiger partial charge in [0.15, 0.2) is 0 Å². The fourth-order valence-electron chi connectivity index (χ4n) is 4.26. The van der Waals surface area contributed by atoms with Crippen LogP contribution in [0.5, 0.6) is 5.75 Å². The van der Waals surface area contributed by atoms with Gasteiger partial charge in [0.1, 0.15) is 18.3 Å². The maximum atomic E-state index is 14.1. The summed E-state index contributed by atoms with van der Waals surface area (Å²) in [6, 6.07) is 17.0. The van der Waals surface area contributed by atoms with E-state index < -0.39 is 28.5 Å². The first-order valence-corrected chi connectivity index (χ1v) is 15.5. The number of amides is 2. The third kappa shape index (κ3) is 8.15. The standard InChI is InChI=1S/C30H35Cl2N3O5S/c1-5-16-33-30(37)28(6-2)34(19-22-8-7-9-24(17-22)40-4)29(36)20-35(23-12-15-26(31)27(32)18-23)41(38,39)25-13-10-21(3)11-14-25/h7-15,17-18,28H,5-6,16,19-20H2,1-4H3,(H,33,37). The van der Waals surface area contributed by atoms with Crippen molar-refractivity contribution in [1.82, 2.24) is 10.2 Å². The van der Waals surface area contributed by atoms with E-state index in [4.69, 9.17) is 27.9 Å². The number of hydrogen-bond donors (Lipinski definition) is 1. The molecule has 220 valence electrons. The van der Waals surface area contributed by atoms with E-state index in [0.29, 0.717) is 18.7 Å². The molecule has 8 nitrogen and oxygen atoms in total. The molecule has 0 saturated carbocycles. The minimum Gasteiger partial charge on any atom is -0.497 e. The molecule has 0 saturated heterocycles. The zero-order valence-electron chi connectivity index (χ0n) is 23.6. The van der Waals surface area contributed by atoms with E-state index in [1.165, 1.54) is 35.2 Å². The number of aryl methyl sites for hydroxylation is 1. The number of sulfonamides is 1. The molecule has 0 aliphatic rings. The number of rotatable bonds is 13. The molecule has 2 amide bonds. The van der Waals surface area contributed by atoms with E-state index in [9.17, 15) is 18.0 Å². The largest absolute Gasteiger partial charge is 0.497 e. The van der Waals surface area contributed by atoms with Crippen molar-refractivity contribution in [2.45, 2.75) is 51.1 Å². The lowest BCUT2D eigenvalue weighted by atomic mass is 10.1. The van der Waals surface area contributed by atoms with Crippen LogP contribution in [0.4, 0.5) is 5.69 Å². The second-order valence-electron chi connectivity index (χ2n) is 9.51. The molecular weight excluding hydrogens is 585 g/mol. The van der Waals surface area contributed by atoms with Crippen molar-refractivity contribution in [3.63, 3.8) is 0 Å². The van der Waals surface area contributed by atoms with Gasteiger partial charge >= 0.3 is 0 Å². The minimum absolute atomic E-state index is 0.00838. The third-order valence-corrected chi connectivity index (χ3v) is 9.03. The molecule has 11 heteroatoms. The van der Waals surface area contributed by atoms with Gasteiger partial charge < -0.3 is 15.0 Å². The molecule has 0 heterocycles. The van der Waals surface area contributed by atoms with E-state index in [1.54, 1.807) is 37.4 Å². The van der Waals surface area contributed by atoms with Gasteiger partial charge in [0.2, 0.25) is 11.8 Å². The van der Waals surface area contributed by atoms with Gasteiger partial charge in [0.25, 0.3) is 10.0 Å². The van der Waals surface area contributed by atoms with Crippen LogP contribution in [0.25, 0.3) is 0 Å². The highest BCUT2D eigenvalue weighted by Gasteiger charge is 2.33. The van der Waals surface area contributed by atoms with Crippen LogP contribution in [0.3, 0.4) is 0 Å². The lowest BCUT2D eigenvalue weighted by Gasteiger charge is -2.33. The lowest BCUT2D eigenvalue weighted by Crippen LogP contribution is -2.52. The van der Waals surface area contributed by atoms with Crippen LogP contribution in [-0.2, 0) is 26.2 Å². The molecule has 1 N–H and O–H groups in total. The smallest absolute Gasteiger partial charge is 0.264 e. The number of nitrogens with zero attached hydrogens (tertiary/aromatic N) is 2. The highest BCUT2D eigenvalue weighted by atomic mass is 35.5. The van der Waals surface area contributed by atoms with Crippen LogP contribution in [0.15, 0.2) is 71.6 Å². The molecule has 1 atom stereocenters. The van der Waals surface area contributed by atoms with Gasteiger partial charge in [-0.25, -0.2) is 8.42 Å². The van der Waals surface area contributed by atoms with Gasteiger partial charge in [-0.15, -0.1) is 0 Å². The Bertz CT molecular complexity index is 1470. The van der Waals surface area contributed by atoms with Crippen LogP contribution < -0.4 is 14.4 Å². The van der Waals surface area contributed by atoms with Crippen LogP contribution in [0.2, 0.25) is 10.0 Å². The highest BCUT2D eigenvalue weighted by molar-refractivity contribution is 7.92. The molecule has 0 bridgehead atoms. The lowest BCUT2D eigenvalue weighted by molar-refractivity contribution is -0.140. The number of nitrogens with one attached hydrogen (secondary N) is 1. The Morgan fingerprint density at radius 3 is 2.29 bits per heavy atom. The van der Waals surface area contributed by atoms with E-state index in [-0.39, 0.29) is 33.1 Å². The number of hydrogen-bond acceptors (Lipinski definition) is 5. The Morgan fingerprint density at radius 2 is 1.68 bits per heavy atom. The molecule has 3 aromatic carbocycles. The zero-order valence-corrected chi connectivity index (χ0v) is 25.9. The number of methoxy groups -OCH3 is 1. The van der Waals surface area contributed by atoms with Crippen LogP contribution >= 0.6 is 23.2 Å². The molecule has 41 heavy (non-hydrogen) atoms. The van der Waals surface area contributed by atoms with Gasteiger partial charge in [-0.2, -0.15) is 0 Å². The van der Waals surface area contributed by atoms with Gasteiger partial charge in [-0.3, -0.25) is 13.9 Å². The highest BCUT2D eigenvalue weighted by Crippen LogP contribution is 2.31. The number of halogens is 2. The first-order chi connectivity index (χ1) is 19.5. The fourth-order valence-corrected chi connectivity index (χ4v) is 5.96. The topological polar surface area (TPSA) is 96.0 Å². The third-order valence-electron chi connectivity index (χ3n) is 6.50. The van der Waals surface area contributed by atoms with E-state index in [0.717, 1.165) is 21.9 Å². The number of carbonyl (C=O) groups excluding carboxylic acids is 2. The van der Waals surface area contributed by atoms with Crippen LogP contribution in [0, 0.1) is 6.92 Å². The molecule has 0 spiro atoms. The van der Waals surface area contributed by atoms with Crippen LogP contribution in [-0.4, -0.2) is 51.4 Å². The van der Waals surface area contributed by atoms with Crippen molar-refractivity contribution in [1.29, 1.82) is 0 Å². The molecule has 3 aromatic rings. The summed E-state index contributed by atoms with van der Waals surface area (Å²) in [5.74, 6) is -0.279. The average molecular weight is 621 g/mol. The molecule has 0 aliphatic carbocycles. The predicted octanol–water partition coefficient (Wildman–Crippen LogP) is 5.84. The second-order valence-corrected chi connectivity index (χ2v) is 12.2. The number of benzene rings is 3. The van der Waals surface area contributed by atoms with Crippen molar-refractivity contribution < 1.29 is 22.7 Å². The molecule has 3 rings (SSSR count). The maximum Gasteiger partial charge on any atom is 0.264 e. The monoisotopic (exact) mass is 619 g/mol. The van der Waals surface area contributed by atoms with E-state index >= 15 is 0 Å². The van der Waals surface area contributed by atoms with Crippen molar-refractivity contribution in [2.75, 3.05) is 24.5 Å². The molecule has 1 unspecified atom stereocenters. The molecule has 0 radical (unpaired) electrons. The second kappa shape index (κ2) is 14.6. The quantitative estimate of drug-likeness (QED) is 0.259. The summed E-state index contributed by atoms with van der Waals surface area (Å²) in [7, 11) is -2.67. The summed E-state index contributed by atoms with van der Waals surface area (Å²) in [5.41, 5.74) is 1.77. The van der Waals surface area contributed by atoms with Gasteiger partial charge in [0, 0.05) is 13.1 Å². The Hall–Kier alpha value is -3.27. The summed E-state index contributed by atoms with van der Waals surface area (Å²) < 4.78 is 34.2. The van der Waals surface area contributed by atoms with Crippen molar-refractivity contribution in [2.24, 2.45) is 0 Å². The van der Waals surface area contributed by atoms with E-state index in [1.807, 2.05) is 26.8 Å². The Labute approximate surface area is 252 Å². The normalized spacial score (nSPS) is 12.0. The minimum atomic E-state index is -4.22. The Kier molecular flexibility index (Phi) is 11.5.